The number of urea groups is 1. The van der Waals surface area contributed by atoms with Crippen LogP contribution in [0.3, 0.4) is 0 Å². The predicted molar refractivity (Wildman–Crippen MR) is 112 cm³/mol. The molecule has 2 aliphatic heterocycles. The van der Waals surface area contributed by atoms with Crippen LogP contribution in [0.25, 0.3) is 0 Å². The fourth-order valence-corrected chi connectivity index (χ4v) is 3.87. The van der Waals surface area contributed by atoms with Gasteiger partial charge in [0, 0.05) is 39.3 Å². The molecule has 4 rings (SSSR count). The Morgan fingerprint density at radius 1 is 0.933 bits per heavy atom. The number of rotatable bonds is 5. The zero-order valence-corrected chi connectivity index (χ0v) is 16.8. The monoisotopic (exact) mass is 408 g/mol. The molecule has 4 amide bonds. The molecule has 0 atom stereocenters. The van der Waals surface area contributed by atoms with Crippen molar-refractivity contribution < 1.29 is 19.1 Å². The van der Waals surface area contributed by atoms with E-state index in [1.807, 2.05) is 24.3 Å². The Morgan fingerprint density at radius 3 is 2.17 bits per heavy atom. The Kier molecular flexibility index (Phi) is 5.56. The van der Waals surface area contributed by atoms with Gasteiger partial charge in [-0.15, -0.1) is 0 Å². The van der Waals surface area contributed by atoms with Gasteiger partial charge in [-0.05, 0) is 24.3 Å². The number of imide groups is 1. The molecule has 0 aromatic heterocycles. The van der Waals surface area contributed by atoms with Crippen molar-refractivity contribution in [2.75, 3.05) is 51.3 Å². The molecular formula is C22H24N4O4. The average molecular weight is 408 g/mol. The van der Waals surface area contributed by atoms with Crippen LogP contribution in [0, 0.1) is 0 Å². The van der Waals surface area contributed by atoms with Gasteiger partial charge in [-0.1, -0.05) is 24.3 Å². The van der Waals surface area contributed by atoms with E-state index >= 15 is 0 Å². The quantitative estimate of drug-likeness (QED) is 0.764. The Bertz CT molecular complexity index is 934. The highest BCUT2D eigenvalue weighted by Crippen LogP contribution is 2.28. The van der Waals surface area contributed by atoms with Gasteiger partial charge in [0.15, 0.2) is 0 Å². The van der Waals surface area contributed by atoms with Crippen LogP contribution in [0.4, 0.5) is 10.5 Å². The molecule has 0 radical (unpaired) electrons. The number of hydrogen-bond acceptors (Lipinski definition) is 5. The van der Waals surface area contributed by atoms with E-state index in [1.165, 1.54) is 4.90 Å². The zero-order chi connectivity index (χ0) is 21.1. The Morgan fingerprint density at radius 2 is 1.53 bits per heavy atom. The molecule has 156 valence electrons. The second-order valence-corrected chi connectivity index (χ2v) is 7.19. The van der Waals surface area contributed by atoms with Crippen molar-refractivity contribution in [3.63, 3.8) is 0 Å². The topological polar surface area (TPSA) is 82.2 Å². The first-order valence-corrected chi connectivity index (χ1v) is 9.96. The number of ether oxygens (including phenoxy) is 1. The summed E-state index contributed by atoms with van der Waals surface area (Å²) in [5.74, 6) is 0.196. The van der Waals surface area contributed by atoms with Crippen LogP contribution >= 0.6 is 0 Å². The fraction of sp³-hybridized carbons (Fsp3) is 0.318. The van der Waals surface area contributed by atoms with Crippen molar-refractivity contribution in [1.29, 1.82) is 0 Å². The lowest BCUT2D eigenvalue weighted by atomic mass is 10.1. The average Bonchev–Trinajstić information content (AvgIpc) is 3.04. The minimum absolute atomic E-state index is 0.152. The van der Waals surface area contributed by atoms with Crippen LogP contribution in [0.1, 0.15) is 20.7 Å². The maximum absolute atomic E-state index is 12.5. The molecule has 30 heavy (non-hydrogen) atoms. The normalized spacial score (nSPS) is 16.0. The Labute approximate surface area is 175 Å². The third-order valence-electron chi connectivity index (χ3n) is 5.48. The van der Waals surface area contributed by atoms with Crippen molar-refractivity contribution in [3.8, 4) is 5.75 Å². The first kappa shape index (κ1) is 19.8. The first-order valence-electron chi connectivity index (χ1n) is 9.96. The second kappa shape index (κ2) is 8.44. The Balaban J connectivity index is 1.26. The number of para-hydroxylation sites is 2. The lowest BCUT2D eigenvalue weighted by Crippen LogP contribution is -2.52. The van der Waals surface area contributed by atoms with Gasteiger partial charge in [0.1, 0.15) is 5.75 Å². The molecule has 2 aromatic carbocycles. The van der Waals surface area contributed by atoms with Gasteiger partial charge < -0.3 is 19.9 Å². The van der Waals surface area contributed by atoms with E-state index in [0.717, 1.165) is 11.4 Å². The standard InChI is InChI=1S/C22H24N4O4/c1-30-19-9-5-4-8-18(19)24-12-14-25(15-13-24)22(29)23-10-11-26-20(27)16-6-2-3-7-17(16)21(26)28/h2-9H,10-15H2,1H3,(H,23,29). The highest BCUT2D eigenvalue weighted by Gasteiger charge is 2.34. The Hall–Kier alpha value is -3.55. The lowest BCUT2D eigenvalue weighted by molar-refractivity contribution is 0.0655. The maximum Gasteiger partial charge on any atom is 0.317 e. The molecule has 8 nitrogen and oxygen atoms in total. The summed E-state index contributed by atoms with van der Waals surface area (Å²) in [5, 5.41) is 2.82. The van der Waals surface area contributed by atoms with Gasteiger partial charge in [-0.2, -0.15) is 0 Å². The van der Waals surface area contributed by atoms with Crippen LogP contribution in [-0.4, -0.2) is 74.0 Å². The first-order chi connectivity index (χ1) is 14.6. The smallest absolute Gasteiger partial charge is 0.317 e. The van der Waals surface area contributed by atoms with Gasteiger partial charge in [-0.3, -0.25) is 14.5 Å². The van der Waals surface area contributed by atoms with E-state index in [2.05, 4.69) is 10.2 Å². The van der Waals surface area contributed by atoms with Crippen LogP contribution in [0.5, 0.6) is 5.75 Å². The SMILES string of the molecule is COc1ccccc1N1CCN(C(=O)NCCN2C(=O)c3ccccc3C2=O)CC1. The van der Waals surface area contributed by atoms with Crippen molar-refractivity contribution in [3.05, 3.63) is 59.7 Å². The number of nitrogens with one attached hydrogen (secondary N) is 1. The van der Waals surface area contributed by atoms with E-state index < -0.39 is 0 Å². The van der Waals surface area contributed by atoms with E-state index in [4.69, 9.17) is 4.74 Å². The summed E-state index contributed by atoms with van der Waals surface area (Å²) < 4.78 is 5.42. The van der Waals surface area contributed by atoms with E-state index in [1.54, 1.807) is 36.3 Å². The molecule has 2 aliphatic rings. The van der Waals surface area contributed by atoms with Crippen LogP contribution < -0.4 is 15.0 Å². The summed E-state index contributed by atoms with van der Waals surface area (Å²) in [6, 6.07) is 14.4. The predicted octanol–water partition coefficient (Wildman–Crippen LogP) is 1.82. The van der Waals surface area contributed by atoms with Crippen molar-refractivity contribution in [2.45, 2.75) is 0 Å². The van der Waals surface area contributed by atoms with Gasteiger partial charge in [-0.25, -0.2) is 4.79 Å². The molecule has 2 heterocycles. The summed E-state index contributed by atoms with van der Waals surface area (Å²) in [7, 11) is 1.65. The summed E-state index contributed by atoms with van der Waals surface area (Å²) in [5.41, 5.74) is 1.85. The molecular weight excluding hydrogens is 384 g/mol. The van der Waals surface area contributed by atoms with E-state index in [9.17, 15) is 14.4 Å². The van der Waals surface area contributed by atoms with Crippen LogP contribution in [-0.2, 0) is 0 Å². The fourth-order valence-electron chi connectivity index (χ4n) is 3.87. The molecule has 1 N–H and O–H groups in total. The number of hydrogen-bond donors (Lipinski definition) is 1. The lowest BCUT2D eigenvalue weighted by Gasteiger charge is -2.36. The number of amides is 4. The summed E-state index contributed by atoms with van der Waals surface area (Å²) >= 11 is 0. The summed E-state index contributed by atoms with van der Waals surface area (Å²) in [6.45, 7) is 2.93. The van der Waals surface area contributed by atoms with Gasteiger partial charge in [0.25, 0.3) is 11.8 Å². The molecule has 0 aliphatic carbocycles. The second-order valence-electron chi connectivity index (χ2n) is 7.19. The molecule has 0 saturated carbocycles. The number of anilines is 1. The minimum atomic E-state index is -0.310. The van der Waals surface area contributed by atoms with Crippen molar-refractivity contribution >= 4 is 23.5 Å². The molecule has 0 spiro atoms. The number of carbonyl (C=O) groups excluding carboxylic acids is 3. The number of nitrogens with zero attached hydrogens (tertiary/aromatic N) is 3. The molecule has 1 fully saturated rings. The molecule has 0 unspecified atom stereocenters. The summed E-state index contributed by atoms with van der Waals surface area (Å²) in [6.07, 6.45) is 0. The van der Waals surface area contributed by atoms with Gasteiger partial charge in [0.05, 0.1) is 23.9 Å². The molecule has 2 aromatic rings. The third kappa shape index (κ3) is 3.68. The summed E-state index contributed by atoms with van der Waals surface area (Å²) in [4.78, 5) is 42.4. The molecule has 8 heteroatoms. The van der Waals surface area contributed by atoms with E-state index in [0.29, 0.717) is 37.3 Å². The van der Waals surface area contributed by atoms with Gasteiger partial charge >= 0.3 is 6.03 Å². The highest BCUT2D eigenvalue weighted by molar-refractivity contribution is 6.21. The number of fused-ring (bicyclic) bond motifs is 1. The van der Waals surface area contributed by atoms with Crippen LogP contribution in [0.15, 0.2) is 48.5 Å². The largest absolute Gasteiger partial charge is 0.495 e. The number of methoxy groups -OCH3 is 1. The maximum atomic E-state index is 12.5. The number of carbonyl (C=O) groups is 3. The minimum Gasteiger partial charge on any atom is -0.495 e. The van der Waals surface area contributed by atoms with Crippen molar-refractivity contribution in [1.82, 2.24) is 15.1 Å². The van der Waals surface area contributed by atoms with E-state index in [-0.39, 0.29) is 30.9 Å². The zero-order valence-electron chi connectivity index (χ0n) is 16.8. The van der Waals surface area contributed by atoms with Gasteiger partial charge in [0.2, 0.25) is 0 Å². The number of piperazine rings is 1. The molecule has 0 bridgehead atoms. The highest BCUT2D eigenvalue weighted by atomic mass is 16.5. The third-order valence-corrected chi connectivity index (χ3v) is 5.48. The van der Waals surface area contributed by atoms with Crippen molar-refractivity contribution in [2.24, 2.45) is 0 Å². The van der Waals surface area contributed by atoms with Crippen LogP contribution in [0.2, 0.25) is 0 Å². The number of benzene rings is 2. The molecule has 1 saturated heterocycles.